The molecule has 2 N–H and O–H groups in total. The van der Waals surface area contributed by atoms with Crippen molar-refractivity contribution in [1.29, 1.82) is 0 Å². The summed E-state index contributed by atoms with van der Waals surface area (Å²) in [6.07, 6.45) is 0.696. The molecule has 4 nitrogen and oxygen atoms in total. The van der Waals surface area contributed by atoms with E-state index in [4.69, 9.17) is 22.1 Å². The average molecular weight is 308 g/mol. The number of benzene rings is 1. The van der Waals surface area contributed by atoms with E-state index in [0.717, 1.165) is 29.2 Å². The maximum atomic E-state index is 6.26. The highest BCUT2D eigenvalue weighted by atomic mass is 35.5. The number of nitrogens with zero attached hydrogens (tertiary/aromatic N) is 2. The van der Waals surface area contributed by atoms with E-state index in [1.807, 2.05) is 42.8 Å². The Bertz CT molecular complexity index is 608. The van der Waals surface area contributed by atoms with Crippen LogP contribution in [0.5, 0.6) is 5.75 Å². The predicted octanol–water partition coefficient (Wildman–Crippen LogP) is 3.33. The average Bonchev–Trinajstić information content (AvgIpc) is 2.79. The minimum absolute atomic E-state index is 0.0377. The molecule has 0 aliphatic rings. The van der Waals surface area contributed by atoms with E-state index in [1.165, 1.54) is 0 Å². The van der Waals surface area contributed by atoms with Gasteiger partial charge < -0.3 is 10.5 Å². The molecule has 0 saturated heterocycles. The first-order valence-electron chi connectivity index (χ1n) is 7.20. The van der Waals surface area contributed by atoms with Crippen molar-refractivity contribution in [3.8, 4) is 5.75 Å². The topological polar surface area (TPSA) is 53.1 Å². The van der Waals surface area contributed by atoms with E-state index in [-0.39, 0.29) is 6.04 Å². The van der Waals surface area contributed by atoms with Gasteiger partial charge in [-0.25, -0.2) is 0 Å². The maximum Gasteiger partial charge on any atom is 0.130 e. The Balaban J connectivity index is 2.17. The molecule has 21 heavy (non-hydrogen) atoms. The monoisotopic (exact) mass is 307 g/mol. The van der Waals surface area contributed by atoms with Gasteiger partial charge in [0.1, 0.15) is 12.4 Å². The fourth-order valence-electron chi connectivity index (χ4n) is 2.33. The molecule has 0 radical (unpaired) electrons. The number of nitrogens with two attached hydrogens (primary N) is 1. The van der Waals surface area contributed by atoms with Crippen LogP contribution in [0.15, 0.2) is 24.3 Å². The third kappa shape index (κ3) is 3.99. The first kappa shape index (κ1) is 15.9. The Morgan fingerprint density at radius 3 is 2.86 bits per heavy atom. The lowest BCUT2D eigenvalue weighted by Crippen LogP contribution is -2.18. The number of hydrogen-bond acceptors (Lipinski definition) is 3. The molecular weight excluding hydrogens is 286 g/mol. The fraction of sp³-hybridized carbons (Fsp3) is 0.438. The number of hydrogen-bond donors (Lipinski definition) is 1. The van der Waals surface area contributed by atoms with Crippen molar-refractivity contribution < 1.29 is 4.74 Å². The van der Waals surface area contributed by atoms with Crippen LogP contribution in [-0.4, -0.2) is 15.8 Å². The van der Waals surface area contributed by atoms with Crippen molar-refractivity contribution in [2.75, 3.05) is 0 Å². The fourth-order valence-corrected chi connectivity index (χ4v) is 2.58. The van der Waals surface area contributed by atoms with Gasteiger partial charge in [0.2, 0.25) is 0 Å². The first-order chi connectivity index (χ1) is 10.0. The molecule has 1 aromatic heterocycles. The molecule has 114 valence electrons. The third-order valence-corrected chi connectivity index (χ3v) is 3.62. The number of aromatic nitrogens is 2. The second kappa shape index (κ2) is 6.96. The van der Waals surface area contributed by atoms with E-state index in [9.17, 15) is 0 Å². The van der Waals surface area contributed by atoms with Crippen molar-refractivity contribution in [1.82, 2.24) is 9.78 Å². The van der Waals surface area contributed by atoms with Gasteiger partial charge in [-0.3, -0.25) is 4.68 Å². The molecule has 0 spiro atoms. The molecule has 5 heteroatoms. The lowest BCUT2D eigenvalue weighted by molar-refractivity contribution is 0.289. The summed E-state index contributed by atoms with van der Waals surface area (Å²) in [7, 11) is 0. The molecule has 0 saturated carbocycles. The van der Waals surface area contributed by atoms with E-state index in [0.29, 0.717) is 18.1 Å². The maximum absolute atomic E-state index is 6.26. The summed E-state index contributed by atoms with van der Waals surface area (Å²) in [5.41, 5.74) is 8.91. The third-order valence-electron chi connectivity index (χ3n) is 3.26. The normalized spacial score (nSPS) is 12.4. The smallest absolute Gasteiger partial charge is 0.130 e. The lowest BCUT2D eigenvalue weighted by atomic mass is 10.1. The minimum Gasteiger partial charge on any atom is -0.487 e. The van der Waals surface area contributed by atoms with Crippen molar-refractivity contribution in [2.45, 2.75) is 46.4 Å². The van der Waals surface area contributed by atoms with Crippen LogP contribution in [0.2, 0.25) is 5.02 Å². The van der Waals surface area contributed by atoms with E-state index >= 15 is 0 Å². The van der Waals surface area contributed by atoms with Gasteiger partial charge >= 0.3 is 0 Å². The molecule has 1 aromatic carbocycles. The summed E-state index contributed by atoms with van der Waals surface area (Å²) in [5, 5.41) is 5.12. The standard InChI is InChI=1S/C16H22ClN3O/c1-4-20-13(9-12(3)19-20)10-21-16-7-5-6-15(17)14(16)8-11(2)18/h5-7,9,11H,4,8,10,18H2,1-3H3. The van der Waals surface area contributed by atoms with Crippen LogP contribution in [0.1, 0.15) is 30.8 Å². The molecular formula is C16H22ClN3O. The Labute approximate surface area is 130 Å². The van der Waals surface area contributed by atoms with Crippen LogP contribution < -0.4 is 10.5 Å². The van der Waals surface area contributed by atoms with Crippen molar-refractivity contribution in [2.24, 2.45) is 5.73 Å². The van der Waals surface area contributed by atoms with Gasteiger partial charge in [-0.05, 0) is 45.4 Å². The molecule has 0 aliphatic heterocycles. The summed E-state index contributed by atoms with van der Waals surface area (Å²) in [5.74, 6) is 0.793. The van der Waals surface area contributed by atoms with Crippen LogP contribution >= 0.6 is 11.6 Å². The van der Waals surface area contributed by atoms with Crippen molar-refractivity contribution >= 4 is 11.6 Å². The SMILES string of the molecule is CCn1nc(C)cc1COc1cccc(Cl)c1CC(C)N. The van der Waals surface area contributed by atoms with E-state index < -0.39 is 0 Å². The molecule has 0 aliphatic carbocycles. The molecule has 1 unspecified atom stereocenters. The zero-order valence-corrected chi connectivity index (χ0v) is 13.5. The van der Waals surface area contributed by atoms with Gasteiger partial charge in [0.05, 0.1) is 11.4 Å². The number of rotatable bonds is 6. The van der Waals surface area contributed by atoms with Gasteiger partial charge in [0.25, 0.3) is 0 Å². The number of aryl methyl sites for hydroxylation is 2. The molecule has 1 heterocycles. The van der Waals surface area contributed by atoms with E-state index in [1.54, 1.807) is 0 Å². The Hall–Kier alpha value is -1.52. The quantitative estimate of drug-likeness (QED) is 0.890. The molecule has 2 aromatic rings. The van der Waals surface area contributed by atoms with Gasteiger partial charge in [0.15, 0.2) is 0 Å². The summed E-state index contributed by atoms with van der Waals surface area (Å²) < 4.78 is 7.91. The highest BCUT2D eigenvalue weighted by Crippen LogP contribution is 2.28. The van der Waals surface area contributed by atoms with Gasteiger partial charge in [-0.1, -0.05) is 17.7 Å². The van der Waals surface area contributed by atoms with Crippen LogP contribution in [-0.2, 0) is 19.6 Å². The van der Waals surface area contributed by atoms with Crippen molar-refractivity contribution in [3.63, 3.8) is 0 Å². The molecule has 0 fully saturated rings. The summed E-state index contributed by atoms with van der Waals surface area (Å²) in [6, 6.07) is 7.77. The Kier molecular flexibility index (Phi) is 5.26. The number of halogens is 1. The zero-order valence-electron chi connectivity index (χ0n) is 12.8. The summed E-state index contributed by atoms with van der Waals surface area (Å²) in [4.78, 5) is 0. The van der Waals surface area contributed by atoms with Crippen molar-refractivity contribution in [3.05, 3.63) is 46.2 Å². The largest absolute Gasteiger partial charge is 0.487 e. The predicted molar refractivity (Wildman–Crippen MR) is 85.8 cm³/mol. The molecule has 0 bridgehead atoms. The Morgan fingerprint density at radius 2 is 2.19 bits per heavy atom. The highest BCUT2D eigenvalue weighted by molar-refractivity contribution is 6.31. The molecule has 2 rings (SSSR count). The first-order valence-corrected chi connectivity index (χ1v) is 7.58. The van der Waals surface area contributed by atoms with E-state index in [2.05, 4.69) is 12.0 Å². The molecule has 0 amide bonds. The summed E-state index contributed by atoms with van der Waals surface area (Å²) in [6.45, 7) is 7.31. The summed E-state index contributed by atoms with van der Waals surface area (Å²) >= 11 is 6.26. The van der Waals surface area contributed by atoms with Gasteiger partial charge in [-0.15, -0.1) is 0 Å². The van der Waals surface area contributed by atoms with Crippen LogP contribution in [0.3, 0.4) is 0 Å². The van der Waals surface area contributed by atoms with Crippen LogP contribution in [0, 0.1) is 6.92 Å². The zero-order chi connectivity index (χ0) is 15.4. The second-order valence-electron chi connectivity index (χ2n) is 5.28. The highest BCUT2D eigenvalue weighted by Gasteiger charge is 2.12. The van der Waals surface area contributed by atoms with Crippen LogP contribution in [0.25, 0.3) is 0 Å². The van der Waals surface area contributed by atoms with Gasteiger partial charge in [-0.2, -0.15) is 5.10 Å². The Morgan fingerprint density at radius 1 is 1.43 bits per heavy atom. The number of ether oxygens (including phenoxy) is 1. The minimum atomic E-state index is 0.0377. The lowest BCUT2D eigenvalue weighted by Gasteiger charge is -2.15. The van der Waals surface area contributed by atoms with Gasteiger partial charge in [0, 0.05) is 23.2 Å². The second-order valence-corrected chi connectivity index (χ2v) is 5.69. The van der Waals surface area contributed by atoms with Crippen LogP contribution in [0.4, 0.5) is 0 Å². The molecule has 1 atom stereocenters.